The van der Waals surface area contributed by atoms with Crippen molar-refractivity contribution in [3.63, 3.8) is 0 Å². The summed E-state index contributed by atoms with van der Waals surface area (Å²) < 4.78 is 6.02. The van der Waals surface area contributed by atoms with Crippen LogP contribution >= 0.6 is 0 Å². The second kappa shape index (κ2) is 14.1. The minimum Gasteiger partial charge on any atom is -0.491 e. The zero-order valence-corrected chi connectivity index (χ0v) is 16.2. The Morgan fingerprint density at radius 3 is 2.12 bits per heavy atom. The molecule has 0 unspecified atom stereocenters. The molecule has 1 atom stereocenters. The minimum atomic E-state index is 0.312. The van der Waals surface area contributed by atoms with Crippen LogP contribution < -0.4 is 4.74 Å². The topological polar surface area (TPSA) is 9.23 Å². The molecule has 24 heavy (non-hydrogen) atoms. The van der Waals surface area contributed by atoms with Gasteiger partial charge in [0.25, 0.3) is 0 Å². The number of unbranched alkanes of at least 4 members (excludes halogenated alkanes) is 8. The van der Waals surface area contributed by atoms with Crippen molar-refractivity contribution in [1.82, 2.24) is 0 Å². The molecule has 0 saturated carbocycles. The molecule has 1 aromatic rings. The van der Waals surface area contributed by atoms with Crippen molar-refractivity contribution in [2.24, 2.45) is 0 Å². The molecule has 1 heteroatoms. The molecule has 0 aliphatic heterocycles. The van der Waals surface area contributed by atoms with Crippen molar-refractivity contribution < 1.29 is 4.74 Å². The Bertz CT molecular complexity index is 418. The molecular weight excluding hydrogens is 292 g/mol. The van der Waals surface area contributed by atoms with Crippen LogP contribution in [0, 0.1) is 0 Å². The van der Waals surface area contributed by atoms with Crippen molar-refractivity contribution in [3.05, 3.63) is 35.9 Å². The molecule has 1 rings (SSSR count). The first-order chi connectivity index (χ1) is 11.8. The zero-order chi connectivity index (χ0) is 17.5. The molecule has 0 radical (unpaired) electrons. The molecule has 0 aromatic heterocycles. The standard InChI is InChI=1S/C23H38O/c1-4-6-8-10-12-14-16-22-17-19-23(20-18-22)24-21(3)15-13-11-9-7-5-2/h14,16-21H,4-13,15H2,1-3H3/b16-14+/t21-/m0/s1. The molecule has 0 saturated heterocycles. The second-order valence-corrected chi connectivity index (χ2v) is 6.95. The lowest BCUT2D eigenvalue weighted by Crippen LogP contribution is -2.11. The SMILES string of the molecule is CCCCCC/C=C/c1ccc(O[C@@H](C)CCCCCCC)cc1. The summed E-state index contributed by atoms with van der Waals surface area (Å²) in [5.41, 5.74) is 1.27. The van der Waals surface area contributed by atoms with Crippen LogP contribution in [0.2, 0.25) is 0 Å². The highest BCUT2D eigenvalue weighted by Crippen LogP contribution is 2.17. The molecular formula is C23H38O. The van der Waals surface area contributed by atoms with E-state index in [0.717, 1.165) is 12.2 Å². The second-order valence-electron chi connectivity index (χ2n) is 6.95. The van der Waals surface area contributed by atoms with Gasteiger partial charge in [0.05, 0.1) is 6.10 Å². The molecule has 0 bridgehead atoms. The van der Waals surface area contributed by atoms with Crippen LogP contribution in [-0.4, -0.2) is 6.10 Å². The summed E-state index contributed by atoms with van der Waals surface area (Å²) in [7, 11) is 0. The van der Waals surface area contributed by atoms with Gasteiger partial charge in [-0.3, -0.25) is 0 Å². The molecule has 0 aliphatic carbocycles. The van der Waals surface area contributed by atoms with E-state index < -0.39 is 0 Å². The van der Waals surface area contributed by atoms with Crippen LogP contribution in [0.1, 0.15) is 97.0 Å². The number of hydrogen-bond donors (Lipinski definition) is 0. The van der Waals surface area contributed by atoms with E-state index in [1.807, 2.05) is 0 Å². The minimum absolute atomic E-state index is 0.312. The summed E-state index contributed by atoms with van der Waals surface area (Å²) in [4.78, 5) is 0. The van der Waals surface area contributed by atoms with Crippen LogP contribution in [-0.2, 0) is 0 Å². The molecule has 0 amide bonds. The van der Waals surface area contributed by atoms with Crippen molar-refractivity contribution >= 4 is 6.08 Å². The molecule has 0 aliphatic rings. The molecule has 0 spiro atoms. The van der Waals surface area contributed by atoms with E-state index in [0.29, 0.717) is 6.10 Å². The summed E-state index contributed by atoms with van der Waals surface area (Å²) in [5.74, 6) is 0.996. The highest BCUT2D eigenvalue weighted by molar-refractivity contribution is 5.50. The lowest BCUT2D eigenvalue weighted by Gasteiger charge is -2.14. The average molecular weight is 331 g/mol. The maximum Gasteiger partial charge on any atom is 0.119 e. The van der Waals surface area contributed by atoms with E-state index in [2.05, 4.69) is 57.2 Å². The first kappa shape index (κ1) is 20.8. The van der Waals surface area contributed by atoms with E-state index in [1.54, 1.807) is 0 Å². The van der Waals surface area contributed by atoms with E-state index in [1.165, 1.54) is 69.8 Å². The van der Waals surface area contributed by atoms with Gasteiger partial charge in [-0.15, -0.1) is 0 Å². The third-order valence-corrected chi connectivity index (χ3v) is 4.47. The number of benzene rings is 1. The Hall–Kier alpha value is -1.24. The fraction of sp³-hybridized carbons (Fsp3) is 0.652. The summed E-state index contributed by atoms with van der Waals surface area (Å²) in [6.45, 7) is 6.70. The Kier molecular flexibility index (Phi) is 12.3. The number of rotatable bonds is 14. The molecule has 0 heterocycles. The molecule has 0 fully saturated rings. The van der Waals surface area contributed by atoms with Crippen LogP contribution in [0.15, 0.2) is 30.3 Å². The first-order valence-electron chi connectivity index (χ1n) is 10.2. The lowest BCUT2D eigenvalue weighted by atomic mass is 10.1. The summed E-state index contributed by atoms with van der Waals surface area (Å²) in [6, 6.07) is 8.52. The first-order valence-corrected chi connectivity index (χ1v) is 10.2. The van der Waals surface area contributed by atoms with Gasteiger partial charge in [0.1, 0.15) is 5.75 Å². The van der Waals surface area contributed by atoms with Crippen molar-refractivity contribution in [1.29, 1.82) is 0 Å². The maximum atomic E-state index is 6.02. The molecule has 1 aromatic carbocycles. The molecule has 0 N–H and O–H groups in total. The van der Waals surface area contributed by atoms with E-state index >= 15 is 0 Å². The fourth-order valence-electron chi connectivity index (χ4n) is 2.89. The predicted molar refractivity (Wildman–Crippen MR) is 108 cm³/mol. The van der Waals surface area contributed by atoms with E-state index in [4.69, 9.17) is 4.74 Å². The van der Waals surface area contributed by atoms with Crippen LogP contribution in [0.4, 0.5) is 0 Å². The normalized spacial score (nSPS) is 12.6. The van der Waals surface area contributed by atoms with Gasteiger partial charge in [-0.25, -0.2) is 0 Å². The number of allylic oxidation sites excluding steroid dienone is 1. The highest BCUT2D eigenvalue weighted by Gasteiger charge is 2.03. The number of hydrogen-bond acceptors (Lipinski definition) is 1. The largest absolute Gasteiger partial charge is 0.491 e. The Morgan fingerprint density at radius 1 is 0.833 bits per heavy atom. The quantitative estimate of drug-likeness (QED) is 0.316. The number of ether oxygens (including phenoxy) is 1. The Labute approximate surface area is 150 Å². The van der Waals surface area contributed by atoms with Crippen LogP contribution in [0.5, 0.6) is 5.75 Å². The zero-order valence-electron chi connectivity index (χ0n) is 16.2. The van der Waals surface area contributed by atoms with Crippen LogP contribution in [0.3, 0.4) is 0 Å². The Morgan fingerprint density at radius 2 is 1.46 bits per heavy atom. The summed E-state index contributed by atoms with van der Waals surface area (Å²) in [5, 5.41) is 0. The van der Waals surface area contributed by atoms with Gasteiger partial charge in [-0.05, 0) is 50.3 Å². The molecule has 1 nitrogen and oxygen atoms in total. The monoisotopic (exact) mass is 330 g/mol. The smallest absolute Gasteiger partial charge is 0.119 e. The van der Waals surface area contributed by atoms with Gasteiger partial charge in [-0.1, -0.05) is 83.1 Å². The van der Waals surface area contributed by atoms with Crippen molar-refractivity contribution in [3.8, 4) is 5.75 Å². The van der Waals surface area contributed by atoms with Gasteiger partial charge >= 0.3 is 0 Å². The average Bonchev–Trinajstić information content (AvgIpc) is 2.59. The van der Waals surface area contributed by atoms with Crippen molar-refractivity contribution in [2.75, 3.05) is 0 Å². The Balaban J connectivity index is 2.22. The summed E-state index contributed by atoms with van der Waals surface area (Å²) in [6.07, 6.45) is 19.2. The third-order valence-electron chi connectivity index (χ3n) is 4.47. The van der Waals surface area contributed by atoms with Gasteiger partial charge < -0.3 is 4.74 Å². The van der Waals surface area contributed by atoms with Gasteiger partial charge in [-0.2, -0.15) is 0 Å². The lowest BCUT2D eigenvalue weighted by molar-refractivity contribution is 0.206. The van der Waals surface area contributed by atoms with E-state index in [-0.39, 0.29) is 0 Å². The van der Waals surface area contributed by atoms with Crippen LogP contribution in [0.25, 0.3) is 6.08 Å². The fourth-order valence-corrected chi connectivity index (χ4v) is 2.89. The summed E-state index contributed by atoms with van der Waals surface area (Å²) >= 11 is 0. The predicted octanol–water partition coefficient (Wildman–Crippen LogP) is 7.80. The van der Waals surface area contributed by atoms with Gasteiger partial charge in [0.2, 0.25) is 0 Å². The van der Waals surface area contributed by atoms with Crippen molar-refractivity contribution in [2.45, 2.75) is 97.5 Å². The van der Waals surface area contributed by atoms with E-state index in [9.17, 15) is 0 Å². The molecule has 136 valence electrons. The maximum absolute atomic E-state index is 6.02. The third kappa shape index (κ3) is 10.5. The van der Waals surface area contributed by atoms with Gasteiger partial charge in [0, 0.05) is 0 Å². The highest BCUT2D eigenvalue weighted by atomic mass is 16.5. The van der Waals surface area contributed by atoms with Gasteiger partial charge in [0.15, 0.2) is 0 Å².